The normalized spacial score (nSPS) is 25.8. The maximum Gasteiger partial charge on any atom is 0.225 e. The first kappa shape index (κ1) is 17.7. The second-order valence-corrected chi connectivity index (χ2v) is 8.76. The fraction of sp³-hybridized carbons (Fsp3) is 0.750. The Labute approximate surface area is 155 Å². The van der Waals surface area contributed by atoms with Gasteiger partial charge in [0.1, 0.15) is 0 Å². The fourth-order valence-corrected chi connectivity index (χ4v) is 4.56. The summed E-state index contributed by atoms with van der Waals surface area (Å²) in [6.07, 6.45) is 8.23. The number of carbonyl (C=O) groups excluding carboxylic acids is 1. The van der Waals surface area contributed by atoms with Crippen LogP contribution in [0.1, 0.15) is 63.3 Å². The fourth-order valence-electron chi connectivity index (χ4n) is 4.56. The van der Waals surface area contributed by atoms with Crippen LogP contribution in [0.5, 0.6) is 0 Å². The van der Waals surface area contributed by atoms with Crippen LogP contribution >= 0.6 is 0 Å². The van der Waals surface area contributed by atoms with Crippen molar-refractivity contribution in [1.29, 1.82) is 0 Å². The average molecular weight is 358 g/mol. The monoisotopic (exact) mass is 358 g/mol. The van der Waals surface area contributed by atoms with Crippen molar-refractivity contribution in [3.63, 3.8) is 0 Å². The summed E-state index contributed by atoms with van der Waals surface area (Å²) < 4.78 is 5.43. The van der Waals surface area contributed by atoms with Gasteiger partial charge in [-0.2, -0.15) is 0 Å². The van der Waals surface area contributed by atoms with E-state index in [4.69, 9.17) is 9.72 Å². The van der Waals surface area contributed by atoms with Crippen molar-refractivity contribution >= 4 is 11.9 Å². The lowest BCUT2D eigenvalue weighted by Gasteiger charge is -2.37. The van der Waals surface area contributed by atoms with E-state index in [0.717, 1.165) is 69.2 Å². The summed E-state index contributed by atoms with van der Waals surface area (Å²) in [6.45, 7) is 7.66. The zero-order chi connectivity index (χ0) is 18.1. The molecule has 3 aliphatic rings. The van der Waals surface area contributed by atoms with Gasteiger partial charge in [0.15, 0.2) is 0 Å². The highest BCUT2D eigenvalue weighted by atomic mass is 16.5. The molecule has 1 aromatic rings. The van der Waals surface area contributed by atoms with Gasteiger partial charge in [0.2, 0.25) is 11.9 Å². The summed E-state index contributed by atoms with van der Waals surface area (Å²) in [5, 5.41) is 3.32. The molecule has 1 saturated heterocycles. The molecule has 0 bridgehead atoms. The standard InChI is InChI=1S/C20H30N4O2/c1-20(2)11-16(22-18(25)14-5-3-4-6-14)15-13-21-19(23-17(15)12-20)24-7-9-26-10-8-24/h13-14,16H,3-12H2,1-2H3,(H,22,25)/t16-/m1/s1. The maximum atomic E-state index is 12.7. The molecule has 2 fully saturated rings. The van der Waals surface area contributed by atoms with E-state index in [1.165, 1.54) is 12.8 Å². The average Bonchev–Trinajstić information content (AvgIpc) is 3.16. The molecule has 0 radical (unpaired) electrons. The molecule has 6 heteroatoms. The van der Waals surface area contributed by atoms with Gasteiger partial charge >= 0.3 is 0 Å². The van der Waals surface area contributed by atoms with Crippen molar-refractivity contribution in [1.82, 2.24) is 15.3 Å². The van der Waals surface area contributed by atoms with Crippen LogP contribution < -0.4 is 10.2 Å². The van der Waals surface area contributed by atoms with Crippen molar-refractivity contribution in [3.8, 4) is 0 Å². The van der Waals surface area contributed by atoms with E-state index in [0.29, 0.717) is 0 Å². The van der Waals surface area contributed by atoms with Gasteiger partial charge in [0, 0.05) is 30.8 Å². The van der Waals surface area contributed by atoms with E-state index in [1.54, 1.807) is 0 Å². The summed E-state index contributed by atoms with van der Waals surface area (Å²) in [7, 11) is 0. The number of nitrogens with one attached hydrogen (secondary N) is 1. The number of amides is 1. The number of fused-ring (bicyclic) bond motifs is 1. The molecule has 1 aromatic heterocycles. The highest BCUT2D eigenvalue weighted by molar-refractivity contribution is 5.79. The van der Waals surface area contributed by atoms with Crippen LogP contribution in [0.2, 0.25) is 0 Å². The van der Waals surface area contributed by atoms with Gasteiger partial charge in [-0.1, -0.05) is 26.7 Å². The minimum Gasteiger partial charge on any atom is -0.378 e. The zero-order valence-corrected chi connectivity index (χ0v) is 16.0. The number of anilines is 1. The van der Waals surface area contributed by atoms with Gasteiger partial charge in [-0.15, -0.1) is 0 Å². The molecule has 1 N–H and O–H groups in total. The van der Waals surface area contributed by atoms with Crippen LogP contribution in [0.3, 0.4) is 0 Å². The van der Waals surface area contributed by atoms with E-state index in [-0.39, 0.29) is 23.3 Å². The Bertz CT molecular complexity index is 664. The van der Waals surface area contributed by atoms with Crippen molar-refractivity contribution in [2.24, 2.45) is 11.3 Å². The van der Waals surface area contributed by atoms with E-state index in [9.17, 15) is 4.79 Å². The van der Waals surface area contributed by atoms with Crippen LogP contribution in [0.15, 0.2) is 6.20 Å². The first-order valence-electron chi connectivity index (χ1n) is 10.0. The third-order valence-electron chi connectivity index (χ3n) is 6.00. The smallest absolute Gasteiger partial charge is 0.225 e. The Morgan fingerprint density at radius 1 is 1.27 bits per heavy atom. The van der Waals surface area contributed by atoms with E-state index < -0.39 is 0 Å². The van der Waals surface area contributed by atoms with Crippen LogP contribution in [-0.2, 0) is 16.0 Å². The SMILES string of the molecule is CC1(C)Cc2nc(N3CCOCC3)ncc2[C@H](NC(=O)C2CCCC2)C1. The molecule has 4 rings (SSSR count). The minimum atomic E-state index is 0.0283. The predicted molar refractivity (Wildman–Crippen MR) is 100 cm³/mol. The van der Waals surface area contributed by atoms with E-state index in [2.05, 4.69) is 29.0 Å². The largest absolute Gasteiger partial charge is 0.378 e. The summed E-state index contributed by atoms with van der Waals surface area (Å²) in [5.41, 5.74) is 2.32. The van der Waals surface area contributed by atoms with Gasteiger partial charge in [-0.3, -0.25) is 4.79 Å². The number of ether oxygens (including phenoxy) is 1. The molecule has 0 unspecified atom stereocenters. The quantitative estimate of drug-likeness (QED) is 0.900. The number of carbonyl (C=O) groups is 1. The van der Waals surface area contributed by atoms with E-state index in [1.807, 2.05) is 6.20 Å². The number of aromatic nitrogens is 2. The molecule has 6 nitrogen and oxygen atoms in total. The topological polar surface area (TPSA) is 67.3 Å². The van der Waals surface area contributed by atoms with Crippen LogP contribution in [-0.4, -0.2) is 42.2 Å². The molecule has 0 aromatic carbocycles. The summed E-state index contributed by atoms with van der Waals surface area (Å²) in [4.78, 5) is 24.4. The maximum absolute atomic E-state index is 12.7. The number of hydrogen-bond acceptors (Lipinski definition) is 5. The molecule has 1 saturated carbocycles. The second-order valence-electron chi connectivity index (χ2n) is 8.76. The lowest BCUT2D eigenvalue weighted by Crippen LogP contribution is -2.40. The third kappa shape index (κ3) is 3.70. The third-order valence-corrected chi connectivity index (χ3v) is 6.00. The molecule has 2 heterocycles. The van der Waals surface area contributed by atoms with Gasteiger partial charge in [0.25, 0.3) is 0 Å². The van der Waals surface area contributed by atoms with Crippen LogP contribution in [0, 0.1) is 11.3 Å². The molecule has 2 aliphatic carbocycles. The predicted octanol–water partition coefficient (Wildman–Crippen LogP) is 2.63. The van der Waals surface area contributed by atoms with Gasteiger partial charge in [0.05, 0.1) is 24.9 Å². The van der Waals surface area contributed by atoms with Crippen LogP contribution in [0.4, 0.5) is 5.95 Å². The molecule has 142 valence electrons. The molecular weight excluding hydrogens is 328 g/mol. The number of rotatable bonds is 3. The summed E-state index contributed by atoms with van der Waals surface area (Å²) in [6, 6.07) is 0.0283. The second kappa shape index (κ2) is 7.14. The lowest BCUT2D eigenvalue weighted by atomic mass is 9.74. The minimum absolute atomic E-state index is 0.0283. The molecule has 1 aliphatic heterocycles. The van der Waals surface area contributed by atoms with Gasteiger partial charge in [-0.25, -0.2) is 9.97 Å². The molecular formula is C20H30N4O2. The Hall–Kier alpha value is -1.69. The van der Waals surface area contributed by atoms with Gasteiger partial charge in [-0.05, 0) is 31.1 Å². The first-order chi connectivity index (χ1) is 12.5. The Morgan fingerprint density at radius 3 is 2.73 bits per heavy atom. The van der Waals surface area contributed by atoms with Gasteiger partial charge < -0.3 is 15.0 Å². The van der Waals surface area contributed by atoms with Crippen molar-refractivity contribution in [3.05, 3.63) is 17.5 Å². The number of hydrogen-bond donors (Lipinski definition) is 1. The number of nitrogens with zero attached hydrogens (tertiary/aromatic N) is 3. The Balaban J connectivity index is 1.56. The highest BCUT2D eigenvalue weighted by Crippen LogP contribution is 2.40. The Kier molecular flexibility index (Phi) is 4.86. The molecule has 0 spiro atoms. The van der Waals surface area contributed by atoms with Crippen molar-refractivity contribution in [2.75, 3.05) is 31.2 Å². The van der Waals surface area contributed by atoms with Crippen LogP contribution in [0.25, 0.3) is 0 Å². The molecule has 1 atom stereocenters. The number of morpholine rings is 1. The first-order valence-corrected chi connectivity index (χ1v) is 10.0. The van der Waals surface area contributed by atoms with E-state index >= 15 is 0 Å². The Morgan fingerprint density at radius 2 is 2.00 bits per heavy atom. The highest BCUT2D eigenvalue weighted by Gasteiger charge is 2.36. The zero-order valence-electron chi connectivity index (χ0n) is 16.0. The van der Waals surface area contributed by atoms with Crippen molar-refractivity contribution < 1.29 is 9.53 Å². The molecule has 26 heavy (non-hydrogen) atoms. The summed E-state index contributed by atoms with van der Waals surface area (Å²) in [5.74, 6) is 1.20. The summed E-state index contributed by atoms with van der Waals surface area (Å²) >= 11 is 0. The lowest BCUT2D eigenvalue weighted by molar-refractivity contribution is -0.125. The molecule has 1 amide bonds. The van der Waals surface area contributed by atoms with Crippen molar-refractivity contribution in [2.45, 2.75) is 58.4 Å².